The molecule has 0 bridgehead atoms. The number of H-pyrrole nitrogens is 1. The molecule has 0 radical (unpaired) electrons. The molecule has 0 spiro atoms. The van der Waals surface area contributed by atoms with Crippen LogP contribution in [-0.4, -0.2) is 33.6 Å². The average molecular weight is 420 g/mol. The number of benzene rings is 1. The first kappa shape index (κ1) is 19.1. The first-order valence-electron chi connectivity index (χ1n) is 8.34. The van der Waals surface area contributed by atoms with Gasteiger partial charge in [0.25, 0.3) is 5.91 Å². The van der Waals surface area contributed by atoms with Crippen LogP contribution in [0.2, 0.25) is 0 Å². The van der Waals surface area contributed by atoms with Crippen molar-refractivity contribution < 1.29 is 22.4 Å². The maximum Gasteiger partial charge on any atom is 0.405 e. The number of alkyl halides is 3. The molecule has 5 nitrogen and oxygen atoms in total. The van der Waals surface area contributed by atoms with E-state index in [4.69, 9.17) is 0 Å². The largest absolute Gasteiger partial charge is 0.405 e. The minimum atomic E-state index is -4.48. The highest BCUT2D eigenvalue weighted by atomic mass is 32.1. The van der Waals surface area contributed by atoms with Crippen LogP contribution in [0.4, 0.5) is 17.6 Å². The number of nitrogens with zero attached hydrogens (tertiary/aromatic N) is 2. The number of rotatable bonds is 4. The minimum absolute atomic E-state index is 0.0644. The number of halogens is 4. The van der Waals surface area contributed by atoms with Gasteiger partial charge in [-0.1, -0.05) is 0 Å². The molecule has 3 heterocycles. The van der Waals surface area contributed by atoms with Crippen LogP contribution in [0.15, 0.2) is 48.8 Å². The fourth-order valence-electron chi connectivity index (χ4n) is 2.70. The Labute approximate surface area is 165 Å². The van der Waals surface area contributed by atoms with Gasteiger partial charge in [0, 0.05) is 29.0 Å². The minimum Gasteiger partial charge on any atom is -0.341 e. The summed E-state index contributed by atoms with van der Waals surface area (Å²) in [5.74, 6) is -1.21. The number of nitrogens with one attached hydrogen (secondary N) is 2. The third-order valence-corrected chi connectivity index (χ3v) is 5.10. The van der Waals surface area contributed by atoms with E-state index >= 15 is 0 Å². The number of thiazole rings is 1. The Balaban J connectivity index is 1.58. The van der Waals surface area contributed by atoms with Gasteiger partial charge >= 0.3 is 6.18 Å². The Morgan fingerprint density at radius 2 is 1.83 bits per heavy atom. The Morgan fingerprint density at radius 3 is 2.55 bits per heavy atom. The van der Waals surface area contributed by atoms with Crippen molar-refractivity contribution in [1.29, 1.82) is 0 Å². The number of aromatic amines is 1. The van der Waals surface area contributed by atoms with Gasteiger partial charge in [-0.25, -0.2) is 14.4 Å². The second-order valence-electron chi connectivity index (χ2n) is 6.18. The van der Waals surface area contributed by atoms with Gasteiger partial charge in [-0.15, -0.1) is 11.3 Å². The lowest BCUT2D eigenvalue weighted by molar-refractivity contribution is -0.123. The Hall–Kier alpha value is -3.27. The average Bonchev–Trinajstić information content (AvgIpc) is 3.32. The monoisotopic (exact) mass is 420 g/mol. The van der Waals surface area contributed by atoms with E-state index in [0.29, 0.717) is 16.1 Å². The van der Waals surface area contributed by atoms with E-state index in [1.165, 1.54) is 18.3 Å². The Morgan fingerprint density at radius 1 is 1.07 bits per heavy atom. The third kappa shape index (κ3) is 4.27. The van der Waals surface area contributed by atoms with E-state index < -0.39 is 18.6 Å². The lowest BCUT2D eigenvalue weighted by Gasteiger charge is -2.06. The summed E-state index contributed by atoms with van der Waals surface area (Å²) in [5, 5.41) is 2.52. The summed E-state index contributed by atoms with van der Waals surface area (Å²) in [4.78, 5) is 23.8. The van der Waals surface area contributed by atoms with Crippen LogP contribution < -0.4 is 5.32 Å². The highest BCUT2D eigenvalue weighted by molar-refractivity contribution is 7.17. The Bertz CT molecular complexity index is 1180. The second-order valence-corrected chi connectivity index (χ2v) is 7.21. The molecule has 0 saturated carbocycles. The van der Waals surface area contributed by atoms with Crippen LogP contribution in [0, 0.1) is 5.82 Å². The van der Waals surface area contributed by atoms with E-state index in [-0.39, 0.29) is 10.8 Å². The number of aromatic nitrogens is 3. The number of carbonyl (C=O) groups excluding carboxylic acids is 1. The van der Waals surface area contributed by atoms with Crippen molar-refractivity contribution in [2.75, 3.05) is 6.54 Å². The van der Waals surface area contributed by atoms with Gasteiger partial charge in [0.05, 0.1) is 4.88 Å². The molecule has 0 aliphatic heterocycles. The molecule has 4 rings (SSSR count). The van der Waals surface area contributed by atoms with Crippen molar-refractivity contribution in [3.8, 4) is 21.7 Å². The smallest absolute Gasteiger partial charge is 0.341 e. The number of amides is 1. The summed E-state index contributed by atoms with van der Waals surface area (Å²) in [6, 6.07) is 9.71. The van der Waals surface area contributed by atoms with Crippen LogP contribution in [0.5, 0.6) is 0 Å². The predicted molar refractivity (Wildman–Crippen MR) is 101 cm³/mol. The highest BCUT2D eigenvalue weighted by Crippen LogP contribution is 2.30. The van der Waals surface area contributed by atoms with E-state index in [2.05, 4.69) is 15.0 Å². The molecule has 0 atom stereocenters. The molecule has 4 aromatic rings. The first-order valence-corrected chi connectivity index (χ1v) is 9.16. The summed E-state index contributed by atoms with van der Waals surface area (Å²) in [6.07, 6.45) is -1.48. The first-order chi connectivity index (χ1) is 13.8. The van der Waals surface area contributed by atoms with Crippen molar-refractivity contribution in [2.45, 2.75) is 6.18 Å². The molecule has 0 aliphatic carbocycles. The maximum absolute atomic E-state index is 13.1. The predicted octanol–water partition coefficient (Wildman–Crippen LogP) is 4.78. The number of hydrogen-bond donors (Lipinski definition) is 2. The van der Waals surface area contributed by atoms with Crippen molar-refractivity contribution in [3.63, 3.8) is 0 Å². The second kappa shape index (κ2) is 7.28. The summed E-state index contributed by atoms with van der Waals surface area (Å²) in [6.45, 7) is -1.41. The number of hydrogen-bond acceptors (Lipinski definition) is 4. The molecule has 29 heavy (non-hydrogen) atoms. The summed E-state index contributed by atoms with van der Waals surface area (Å²) in [5.41, 5.74) is 2.86. The quantitative estimate of drug-likeness (QED) is 0.467. The molecule has 0 unspecified atom stereocenters. The zero-order valence-corrected chi connectivity index (χ0v) is 15.4. The van der Waals surface area contributed by atoms with Crippen LogP contribution in [0.25, 0.3) is 32.7 Å². The van der Waals surface area contributed by atoms with Gasteiger partial charge in [0.2, 0.25) is 0 Å². The SMILES string of the molecule is O=C(NCC(F)(F)F)c1ncc(-c2cnc3[nH]c(-c4ccc(F)cc4)cc3c2)s1. The van der Waals surface area contributed by atoms with Crippen LogP contribution >= 0.6 is 11.3 Å². The van der Waals surface area contributed by atoms with Gasteiger partial charge in [-0.3, -0.25) is 4.79 Å². The van der Waals surface area contributed by atoms with E-state index in [0.717, 1.165) is 28.0 Å². The fourth-order valence-corrected chi connectivity index (χ4v) is 3.52. The molecule has 0 aliphatic rings. The van der Waals surface area contributed by atoms with Crippen molar-refractivity contribution >= 4 is 28.3 Å². The molecular weight excluding hydrogens is 408 g/mol. The van der Waals surface area contributed by atoms with Gasteiger partial charge in [-0.05, 0) is 42.0 Å². The fraction of sp³-hybridized carbons (Fsp3) is 0.105. The van der Waals surface area contributed by atoms with Crippen LogP contribution in [0.1, 0.15) is 9.80 Å². The Kier molecular flexibility index (Phi) is 4.79. The van der Waals surface area contributed by atoms with E-state index in [1.54, 1.807) is 23.6 Å². The molecule has 1 aromatic carbocycles. The van der Waals surface area contributed by atoms with E-state index in [9.17, 15) is 22.4 Å². The molecule has 10 heteroatoms. The summed E-state index contributed by atoms with van der Waals surface area (Å²) >= 11 is 0.976. The van der Waals surface area contributed by atoms with Crippen molar-refractivity contribution in [1.82, 2.24) is 20.3 Å². The van der Waals surface area contributed by atoms with Gasteiger partial charge in [0.1, 0.15) is 18.0 Å². The zero-order chi connectivity index (χ0) is 20.6. The highest BCUT2D eigenvalue weighted by Gasteiger charge is 2.28. The van der Waals surface area contributed by atoms with Gasteiger partial charge < -0.3 is 10.3 Å². The molecule has 3 aromatic heterocycles. The lowest BCUT2D eigenvalue weighted by atomic mass is 10.1. The molecule has 148 valence electrons. The molecule has 2 N–H and O–H groups in total. The van der Waals surface area contributed by atoms with Crippen LogP contribution in [0.3, 0.4) is 0 Å². The topological polar surface area (TPSA) is 70.7 Å². The summed E-state index contributed by atoms with van der Waals surface area (Å²) < 4.78 is 49.8. The van der Waals surface area contributed by atoms with Gasteiger partial charge in [-0.2, -0.15) is 13.2 Å². The van der Waals surface area contributed by atoms with Gasteiger partial charge in [0.15, 0.2) is 5.01 Å². The standard InChI is InChI=1S/C19H12F4N4OS/c20-13-3-1-10(2-4-13)14-6-11-5-12(7-24-16(11)27-14)15-8-25-18(29-15)17(28)26-9-19(21,22)23/h1-8H,9H2,(H,24,27)(H,26,28). The normalized spacial score (nSPS) is 11.7. The van der Waals surface area contributed by atoms with Crippen molar-refractivity contribution in [2.24, 2.45) is 0 Å². The number of fused-ring (bicyclic) bond motifs is 1. The van der Waals surface area contributed by atoms with Crippen LogP contribution in [-0.2, 0) is 0 Å². The number of pyridine rings is 1. The third-order valence-electron chi connectivity index (χ3n) is 4.06. The van der Waals surface area contributed by atoms with Crippen molar-refractivity contribution in [3.05, 3.63) is 59.6 Å². The molecule has 0 saturated heterocycles. The van der Waals surface area contributed by atoms with E-state index in [1.807, 2.05) is 12.1 Å². The molecular formula is C19H12F4N4OS. The number of carbonyl (C=O) groups is 1. The molecule has 1 amide bonds. The zero-order valence-electron chi connectivity index (χ0n) is 14.5. The maximum atomic E-state index is 13.1. The molecule has 0 fully saturated rings. The lowest BCUT2D eigenvalue weighted by Crippen LogP contribution is -2.33. The summed E-state index contributed by atoms with van der Waals surface area (Å²) in [7, 11) is 0.